The van der Waals surface area contributed by atoms with Gasteiger partial charge in [0.05, 0.1) is 18.9 Å². The van der Waals surface area contributed by atoms with Crippen LogP contribution in [0.4, 0.5) is 9.52 Å². The van der Waals surface area contributed by atoms with E-state index < -0.39 is 0 Å². The Kier molecular flexibility index (Phi) is 4.80. The first kappa shape index (κ1) is 14.4. The minimum absolute atomic E-state index is 0.224. The first-order chi connectivity index (χ1) is 10.3. The lowest BCUT2D eigenvalue weighted by atomic mass is 10.2. The predicted molar refractivity (Wildman–Crippen MR) is 83.3 cm³/mol. The van der Waals surface area contributed by atoms with Crippen molar-refractivity contribution in [1.82, 2.24) is 9.88 Å². The highest BCUT2D eigenvalue weighted by Crippen LogP contribution is 2.24. The van der Waals surface area contributed by atoms with Crippen molar-refractivity contribution < 1.29 is 9.13 Å². The van der Waals surface area contributed by atoms with E-state index in [1.165, 1.54) is 12.1 Å². The normalized spacial score (nSPS) is 16.0. The Balaban J connectivity index is 1.51. The molecule has 0 bridgehead atoms. The van der Waals surface area contributed by atoms with Gasteiger partial charge in [-0.05, 0) is 24.3 Å². The van der Waals surface area contributed by atoms with Gasteiger partial charge in [0.15, 0.2) is 5.13 Å². The molecular formula is C15H18FN3OS. The van der Waals surface area contributed by atoms with E-state index in [4.69, 9.17) is 4.74 Å². The lowest BCUT2D eigenvalue weighted by molar-refractivity contribution is 0.0398. The van der Waals surface area contributed by atoms with Gasteiger partial charge in [-0.3, -0.25) is 4.90 Å². The summed E-state index contributed by atoms with van der Waals surface area (Å²) in [5.41, 5.74) is 1.82. The highest BCUT2D eigenvalue weighted by Gasteiger charge is 2.10. The highest BCUT2D eigenvalue weighted by atomic mass is 32.1. The van der Waals surface area contributed by atoms with Gasteiger partial charge in [-0.25, -0.2) is 9.37 Å². The van der Waals surface area contributed by atoms with Crippen LogP contribution in [-0.2, 0) is 4.74 Å². The zero-order valence-corrected chi connectivity index (χ0v) is 12.5. The summed E-state index contributed by atoms with van der Waals surface area (Å²) < 4.78 is 18.2. The van der Waals surface area contributed by atoms with Crippen LogP contribution in [0.1, 0.15) is 0 Å². The Morgan fingerprint density at radius 1 is 1.24 bits per heavy atom. The summed E-state index contributed by atoms with van der Waals surface area (Å²) in [7, 11) is 0. The van der Waals surface area contributed by atoms with Gasteiger partial charge in [-0.15, -0.1) is 11.3 Å². The van der Waals surface area contributed by atoms with Gasteiger partial charge in [0, 0.05) is 37.1 Å². The number of morpholine rings is 1. The van der Waals surface area contributed by atoms with E-state index in [-0.39, 0.29) is 5.82 Å². The third-order valence-electron chi connectivity index (χ3n) is 3.45. The number of ether oxygens (including phenoxy) is 1. The van der Waals surface area contributed by atoms with Crippen LogP contribution >= 0.6 is 11.3 Å². The van der Waals surface area contributed by atoms with Crippen LogP contribution < -0.4 is 5.32 Å². The molecule has 1 aliphatic heterocycles. The summed E-state index contributed by atoms with van der Waals surface area (Å²) in [6, 6.07) is 6.42. The maximum atomic E-state index is 12.9. The van der Waals surface area contributed by atoms with Crippen molar-refractivity contribution in [2.24, 2.45) is 0 Å². The molecule has 2 heterocycles. The van der Waals surface area contributed by atoms with Crippen LogP contribution in [0.5, 0.6) is 0 Å². The zero-order chi connectivity index (χ0) is 14.5. The fraction of sp³-hybridized carbons (Fsp3) is 0.400. The molecule has 4 nitrogen and oxygen atoms in total. The molecule has 0 atom stereocenters. The van der Waals surface area contributed by atoms with E-state index in [0.29, 0.717) is 0 Å². The summed E-state index contributed by atoms with van der Waals surface area (Å²) in [6.07, 6.45) is 0. The van der Waals surface area contributed by atoms with Crippen molar-refractivity contribution in [3.63, 3.8) is 0 Å². The minimum Gasteiger partial charge on any atom is -0.379 e. The van der Waals surface area contributed by atoms with Gasteiger partial charge >= 0.3 is 0 Å². The Bertz CT molecular complexity index is 567. The zero-order valence-electron chi connectivity index (χ0n) is 11.7. The molecule has 0 spiro atoms. The van der Waals surface area contributed by atoms with Crippen LogP contribution in [0.3, 0.4) is 0 Å². The van der Waals surface area contributed by atoms with Crippen LogP contribution in [0.15, 0.2) is 29.6 Å². The average Bonchev–Trinajstić information content (AvgIpc) is 2.98. The van der Waals surface area contributed by atoms with Crippen LogP contribution in [0.2, 0.25) is 0 Å². The lowest BCUT2D eigenvalue weighted by Crippen LogP contribution is -2.38. The number of nitrogens with zero attached hydrogens (tertiary/aromatic N) is 2. The largest absolute Gasteiger partial charge is 0.379 e. The maximum absolute atomic E-state index is 12.9. The SMILES string of the molecule is Fc1ccc(-c2csc(NCCN3CCOCC3)n2)cc1. The van der Waals surface area contributed by atoms with E-state index in [0.717, 1.165) is 55.8 Å². The molecule has 1 fully saturated rings. The van der Waals surface area contributed by atoms with Gasteiger partial charge in [-0.1, -0.05) is 0 Å². The fourth-order valence-corrected chi connectivity index (χ4v) is 3.00. The van der Waals surface area contributed by atoms with Gasteiger partial charge in [0.1, 0.15) is 5.82 Å². The van der Waals surface area contributed by atoms with Crippen molar-refractivity contribution in [3.8, 4) is 11.3 Å². The number of anilines is 1. The summed E-state index contributed by atoms with van der Waals surface area (Å²) in [5.74, 6) is -0.224. The van der Waals surface area contributed by atoms with Crippen molar-refractivity contribution in [2.75, 3.05) is 44.7 Å². The molecule has 0 unspecified atom stereocenters. The van der Waals surface area contributed by atoms with Crippen LogP contribution in [0.25, 0.3) is 11.3 Å². The third-order valence-corrected chi connectivity index (χ3v) is 4.25. The molecule has 1 aliphatic rings. The molecule has 3 rings (SSSR count). The van der Waals surface area contributed by atoms with Crippen molar-refractivity contribution in [2.45, 2.75) is 0 Å². The molecular weight excluding hydrogens is 289 g/mol. The smallest absolute Gasteiger partial charge is 0.183 e. The summed E-state index contributed by atoms with van der Waals surface area (Å²) >= 11 is 1.58. The third kappa shape index (κ3) is 4.00. The predicted octanol–water partition coefficient (Wildman–Crippen LogP) is 2.69. The Morgan fingerprint density at radius 3 is 2.76 bits per heavy atom. The van der Waals surface area contributed by atoms with Gasteiger partial charge in [-0.2, -0.15) is 0 Å². The summed E-state index contributed by atoms with van der Waals surface area (Å²) in [6.45, 7) is 5.52. The van der Waals surface area contributed by atoms with E-state index >= 15 is 0 Å². The number of benzene rings is 1. The van der Waals surface area contributed by atoms with Crippen LogP contribution in [-0.4, -0.2) is 49.3 Å². The number of thiazole rings is 1. The Hall–Kier alpha value is -1.50. The molecule has 0 radical (unpaired) electrons. The van der Waals surface area contributed by atoms with Gasteiger partial charge in [0.2, 0.25) is 0 Å². The maximum Gasteiger partial charge on any atom is 0.183 e. The summed E-state index contributed by atoms with van der Waals surface area (Å²) in [5, 5.41) is 6.24. The fourth-order valence-electron chi connectivity index (χ4n) is 2.25. The van der Waals surface area contributed by atoms with Gasteiger partial charge in [0.25, 0.3) is 0 Å². The number of aromatic nitrogens is 1. The molecule has 0 amide bonds. The summed E-state index contributed by atoms with van der Waals surface area (Å²) in [4.78, 5) is 6.91. The molecule has 1 saturated heterocycles. The number of rotatable bonds is 5. The molecule has 1 N–H and O–H groups in total. The first-order valence-corrected chi connectivity index (χ1v) is 7.95. The second-order valence-electron chi connectivity index (χ2n) is 4.93. The Morgan fingerprint density at radius 2 is 2.00 bits per heavy atom. The van der Waals surface area contributed by atoms with Crippen molar-refractivity contribution in [1.29, 1.82) is 0 Å². The molecule has 0 aliphatic carbocycles. The second-order valence-corrected chi connectivity index (χ2v) is 5.78. The standard InChI is InChI=1S/C15H18FN3OS/c16-13-3-1-12(2-4-13)14-11-21-15(18-14)17-5-6-19-7-9-20-10-8-19/h1-4,11H,5-10H2,(H,17,18). The van der Waals surface area contributed by atoms with E-state index in [1.807, 2.05) is 5.38 Å². The quantitative estimate of drug-likeness (QED) is 0.921. The second kappa shape index (κ2) is 6.98. The Labute approximate surface area is 127 Å². The molecule has 1 aromatic carbocycles. The number of hydrogen-bond acceptors (Lipinski definition) is 5. The van der Waals surface area contributed by atoms with Gasteiger partial charge < -0.3 is 10.1 Å². The van der Waals surface area contributed by atoms with Crippen molar-refractivity contribution in [3.05, 3.63) is 35.5 Å². The van der Waals surface area contributed by atoms with E-state index in [9.17, 15) is 4.39 Å². The van der Waals surface area contributed by atoms with Crippen LogP contribution in [0, 0.1) is 5.82 Å². The first-order valence-electron chi connectivity index (χ1n) is 7.07. The topological polar surface area (TPSA) is 37.4 Å². The average molecular weight is 307 g/mol. The number of nitrogens with one attached hydrogen (secondary N) is 1. The monoisotopic (exact) mass is 307 g/mol. The van der Waals surface area contributed by atoms with E-state index in [1.54, 1.807) is 23.5 Å². The molecule has 2 aromatic rings. The van der Waals surface area contributed by atoms with E-state index in [2.05, 4.69) is 15.2 Å². The lowest BCUT2D eigenvalue weighted by Gasteiger charge is -2.26. The minimum atomic E-state index is -0.224. The number of halogens is 1. The highest BCUT2D eigenvalue weighted by molar-refractivity contribution is 7.14. The van der Waals surface area contributed by atoms with Crippen molar-refractivity contribution >= 4 is 16.5 Å². The number of hydrogen-bond donors (Lipinski definition) is 1. The molecule has 21 heavy (non-hydrogen) atoms. The molecule has 1 aromatic heterocycles. The molecule has 0 saturated carbocycles. The molecule has 112 valence electrons. The molecule has 6 heteroatoms.